The van der Waals surface area contributed by atoms with Crippen LogP contribution in [0, 0.1) is 6.92 Å². The number of rotatable bonds is 2. The summed E-state index contributed by atoms with van der Waals surface area (Å²) in [6, 6.07) is 11.6. The number of hydrogen-bond donors (Lipinski definition) is 2. The van der Waals surface area contributed by atoms with Crippen molar-refractivity contribution in [1.29, 1.82) is 0 Å². The summed E-state index contributed by atoms with van der Waals surface area (Å²) in [6.07, 6.45) is 1.75. The van der Waals surface area contributed by atoms with Gasteiger partial charge in [0.25, 0.3) is 0 Å². The molecule has 2 aromatic rings. The van der Waals surface area contributed by atoms with Crippen molar-refractivity contribution in [2.75, 3.05) is 11.1 Å². The number of nitrogens with two attached hydrogens (primary N) is 1. The van der Waals surface area contributed by atoms with Crippen molar-refractivity contribution >= 4 is 17.2 Å². The predicted molar refractivity (Wildman–Crippen MR) is 63.1 cm³/mol. The van der Waals surface area contributed by atoms with Gasteiger partial charge in [0.15, 0.2) is 0 Å². The Morgan fingerprint density at radius 2 is 2.00 bits per heavy atom. The normalized spacial score (nSPS) is 9.93. The van der Waals surface area contributed by atoms with Crippen molar-refractivity contribution in [3.8, 4) is 0 Å². The molecule has 1 aromatic heterocycles. The van der Waals surface area contributed by atoms with Gasteiger partial charge in [-0.2, -0.15) is 0 Å². The lowest BCUT2D eigenvalue weighted by molar-refractivity contribution is 1.30. The maximum Gasteiger partial charge on any atom is 0.130 e. The summed E-state index contributed by atoms with van der Waals surface area (Å²) in [5.41, 5.74) is 8.65. The lowest BCUT2D eigenvalue weighted by atomic mass is 10.1. The molecule has 0 saturated heterocycles. The minimum absolute atomic E-state index is 0.737. The van der Waals surface area contributed by atoms with Crippen LogP contribution >= 0.6 is 0 Å². The van der Waals surface area contributed by atoms with Gasteiger partial charge in [-0.05, 0) is 30.7 Å². The number of para-hydroxylation sites is 1. The topological polar surface area (TPSA) is 50.9 Å². The molecule has 2 rings (SSSR count). The summed E-state index contributed by atoms with van der Waals surface area (Å²) < 4.78 is 0. The molecule has 0 atom stereocenters. The molecule has 0 fully saturated rings. The molecule has 3 nitrogen and oxygen atoms in total. The SMILES string of the molecule is Cc1cccc(N)c1Nc1ccccn1. The second-order valence-electron chi connectivity index (χ2n) is 3.38. The lowest BCUT2D eigenvalue weighted by Crippen LogP contribution is -1.99. The monoisotopic (exact) mass is 199 g/mol. The number of nitrogen functional groups attached to an aromatic ring is 1. The van der Waals surface area contributed by atoms with Crippen molar-refractivity contribution in [2.24, 2.45) is 0 Å². The highest BCUT2D eigenvalue weighted by molar-refractivity contribution is 5.74. The summed E-state index contributed by atoms with van der Waals surface area (Å²) in [7, 11) is 0. The van der Waals surface area contributed by atoms with Gasteiger partial charge in [0.2, 0.25) is 0 Å². The summed E-state index contributed by atoms with van der Waals surface area (Å²) in [5, 5.41) is 3.20. The predicted octanol–water partition coefficient (Wildman–Crippen LogP) is 2.72. The molecule has 0 aliphatic heterocycles. The Balaban J connectivity index is 2.32. The Hall–Kier alpha value is -2.03. The highest BCUT2D eigenvalue weighted by Crippen LogP contribution is 2.25. The summed E-state index contributed by atoms with van der Waals surface area (Å²) in [4.78, 5) is 4.19. The van der Waals surface area contributed by atoms with Crippen LogP contribution in [-0.4, -0.2) is 4.98 Å². The quantitative estimate of drug-likeness (QED) is 0.731. The van der Waals surface area contributed by atoms with E-state index < -0.39 is 0 Å². The number of aromatic nitrogens is 1. The Labute approximate surface area is 89.0 Å². The number of anilines is 3. The lowest BCUT2D eigenvalue weighted by Gasteiger charge is -2.10. The van der Waals surface area contributed by atoms with Crippen LogP contribution in [0.3, 0.4) is 0 Å². The molecule has 3 N–H and O–H groups in total. The standard InChI is InChI=1S/C12H13N3/c1-9-5-4-6-10(13)12(9)15-11-7-2-3-8-14-11/h2-8H,13H2,1H3,(H,14,15). The first-order valence-corrected chi connectivity index (χ1v) is 4.80. The van der Waals surface area contributed by atoms with Gasteiger partial charge in [-0.3, -0.25) is 0 Å². The molecular weight excluding hydrogens is 186 g/mol. The smallest absolute Gasteiger partial charge is 0.130 e. The molecule has 0 spiro atoms. The fourth-order valence-corrected chi connectivity index (χ4v) is 1.43. The van der Waals surface area contributed by atoms with Crippen LogP contribution in [0.1, 0.15) is 5.56 Å². The van der Waals surface area contributed by atoms with Crippen LogP contribution in [0.2, 0.25) is 0 Å². The third kappa shape index (κ3) is 2.07. The number of aryl methyl sites for hydroxylation is 1. The van der Waals surface area contributed by atoms with Crippen LogP contribution in [0.4, 0.5) is 17.2 Å². The van der Waals surface area contributed by atoms with Crippen LogP contribution in [0.25, 0.3) is 0 Å². The van der Waals surface area contributed by atoms with Crippen LogP contribution in [-0.2, 0) is 0 Å². The molecule has 0 radical (unpaired) electrons. The number of hydrogen-bond acceptors (Lipinski definition) is 3. The highest BCUT2D eigenvalue weighted by atomic mass is 15.0. The number of nitrogens with one attached hydrogen (secondary N) is 1. The van der Waals surface area contributed by atoms with E-state index in [-0.39, 0.29) is 0 Å². The van der Waals surface area contributed by atoms with Gasteiger partial charge in [-0.25, -0.2) is 4.98 Å². The van der Waals surface area contributed by atoms with E-state index in [9.17, 15) is 0 Å². The molecule has 15 heavy (non-hydrogen) atoms. The molecule has 1 aromatic carbocycles. The molecule has 0 saturated carbocycles. The third-order valence-corrected chi connectivity index (χ3v) is 2.22. The van der Waals surface area contributed by atoms with Gasteiger partial charge in [-0.1, -0.05) is 18.2 Å². The van der Waals surface area contributed by atoms with E-state index in [1.165, 1.54) is 0 Å². The largest absolute Gasteiger partial charge is 0.397 e. The third-order valence-electron chi connectivity index (χ3n) is 2.22. The Kier molecular flexibility index (Phi) is 2.54. The van der Waals surface area contributed by atoms with Gasteiger partial charge < -0.3 is 11.1 Å². The van der Waals surface area contributed by atoms with E-state index in [2.05, 4.69) is 10.3 Å². The maximum absolute atomic E-state index is 5.88. The first kappa shape index (κ1) is 9.52. The molecule has 76 valence electrons. The van der Waals surface area contributed by atoms with Crippen molar-refractivity contribution in [3.63, 3.8) is 0 Å². The molecule has 0 aliphatic carbocycles. The Bertz CT molecular complexity index is 431. The molecular formula is C12H13N3. The second kappa shape index (κ2) is 4.00. The van der Waals surface area contributed by atoms with E-state index in [1.54, 1.807) is 6.20 Å². The first-order chi connectivity index (χ1) is 7.27. The van der Waals surface area contributed by atoms with Crippen molar-refractivity contribution in [3.05, 3.63) is 48.2 Å². The maximum atomic E-state index is 5.88. The number of benzene rings is 1. The van der Waals surface area contributed by atoms with Crippen LogP contribution in [0.15, 0.2) is 42.6 Å². The van der Waals surface area contributed by atoms with Crippen LogP contribution < -0.4 is 11.1 Å². The van der Waals surface area contributed by atoms with E-state index in [1.807, 2.05) is 43.3 Å². The van der Waals surface area contributed by atoms with Gasteiger partial charge in [0.05, 0.1) is 11.4 Å². The Morgan fingerprint density at radius 3 is 2.67 bits per heavy atom. The molecule has 0 aliphatic rings. The minimum atomic E-state index is 0.737. The molecule has 0 bridgehead atoms. The Morgan fingerprint density at radius 1 is 1.13 bits per heavy atom. The fourth-order valence-electron chi connectivity index (χ4n) is 1.43. The van der Waals surface area contributed by atoms with Crippen LogP contribution in [0.5, 0.6) is 0 Å². The van der Waals surface area contributed by atoms with E-state index in [0.29, 0.717) is 0 Å². The highest BCUT2D eigenvalue weighted by Gasteiger charge is 2.02. The van der Waals surface area contributed by atoms with Gasteiger partial charge >= 0.3 is 0 Å². The average Bonchev–Trinajstić information content (AvgIpc) is 2.25. The average molecular weight is 199 g/mol. The van der Waals surface area contributed by atoms with Crippen molar-refractivity contribution < 1.29 is 0 Å². The molecule has 0 unspecified atom stereocenters. The van der Waals surface area contributed by atoms with E-state index in [4.69, 9.17) is 5.73 Å². The van der Waals surface area contributed by atoms with Crippen molar-refractivity contribution in [1.82, 2.24) is 4.98 Å². The van der Waals surface area contributed by atoms with Crippen molar-refractivity contribution in [2.45, 2.75) is 6.92 Å². The molecule has 1 heterocycles. The number of pyridine rings is 1. The zero-order chi connectivity index (χ0) is 10.7. The first-order valence-electron chi connectivity index (χ1n) is 4.80. The fraction of sp³-hybridized carbons (Fsp3) is 0.0833. The molecule has 3 heteroatoms. The zero-order valence-corrected chi connectivity index (χ0v) is 8.57. The zero-order valence-electron chi connectivity index (χ0n) is 8.57. The second-order valence-corrected chi connectivity index (χ2v) is 3.38. The number of nitrogens with zero attached hydrogens (tertiary/aromatic N) is 1. The summed E-state index contributed by atoms with van der Waals surface area (Å²) in [6.45, 7) is 2.02. The van der Waals surface area contributed by atoms with E-state index in [0.717, 1.165) is 22.8 Å². The van der Waals surface area contributed by atoms with Gasteiger partial charge in [0, 0.05) is 6.20 Å². The van der Waals surface area contributed by atoms with Gasteiger partial charge in [0.1, 0.15) is 5.82 Å². The summed E-state index contributed by atoms with van der Waals surface area (Å²) in [5.74, 6) is 0.804. The van der Waals surface area contributed by atoms with Gasteiger partial charge in [-0.15, -0.1) is 0 Å². The molecule has 0 amide bonds. The minimum Gasteiger partial charge on any atom is -0.397 e. The summed E-state index contributed by atoms with van der Waals surface area (Å²) >= 11 is 0. The van der Waals surface area contributed by atoms with E-state index >= 15 is 0 Å².